The molecule has 0 atom stereocenters. The molecule has 3 aliphatic heterocycles. The first-order chi connectivity index (χ1) is 11.8. The third-order valence-corrected chi connectivity index (χ3v) is 6.14. The lowest BCUT2D eigenvalue weighted by molar-refractivity contribution is -0.185. The zero-order valence-corrected chi connectivity index (χ0v) is 14.3. The molecule has 1 spiro atoms. The monoisotopic (exact) mass is 340 g/mol. The molecule has 0 N–H and O–H groups in total. The number of nitrogens with zero attached hydrogens (tertiary/aromatic N) is 2. The van der Waals surface area contributed by atoms with E-state index in [0.717, 1.165) is 39.1 Å². The van der Waals surface area contributed by atoms with Crippen molar-refractivity contribution in [2.45, 2.75) is 28.4 Å². The van der Waals surface area contributed by atoms with Crippen LogP contribution in [-0.2, 0) is 9.47 Å². The predicted octanol–water partition coefficient (Wildman–Crippen LogP) is 4.04. The van der Waals surface area contributed by atoms with Crippen LogP contribution in [0.15, 0.2) is 58.3 Å². The van der Waals surface area contributed by atoms with E-state index in [1.165, 1.54) is 21.2 Å². The first kappa shape index (κ1) is 14.8. The van der Waals surface area contributed by atoms with E-state index >= 15 is 0 Å². The van der Waals surface area contributed by atoms with Crippen molar-refractivity contribution >= 4 is 23.1 Å². The first-order valence-electron chi connectivity index (χ1n) is 8.54. The molecule has 0 unspecified atom stereocenters. The maximum absolute atomic E-state index is 5.88. The second kappa shape index (κ2) is 5.77. The van der Waals surface area contributed by atoms with Gasteiger partial charge < -0.3 is 9.47 Å². The van der Waals surface area contributed by atoms with Crippen molar-refractivity contribution in [3.05, 3.63) is 48.5 Å². The number of rotatable bonds is 1. The van der Waals surface area contributed by atoms with Crippen molar-refractivity contribution < 1.29 is 9.47 Å². The number of fused-ring (bicyclic) bond motifs is 2. The van der Waals surface area contributed by atoms with Gasteiger partial charge in [-0.05, 0) is 24.3 Å². The maximum Gasteiger partial charge on any atom is 0.171 e. The van der Waals surface area contributed by atoms with Crippen LogP contribution in [0.25, 0.3) is 0 Å². The van der Waals surface area contributed by atoms with Crippen LogP contribution in [0.4, 0.5) is 11.4 Å². The van der Waals surface area contributed by atoms with Gasteiger partial charge in [-0.1, -0.05) is 36.0 Å². The van der Waals surface area contributed by atoms with E-state index in [4.69, 9.17) is 9.47 Å². The van der Waals surface area contributed by atoms with E-state index in [0.29, 0.717) is 0 Å². The Morgan fingerprint density at radius 1 is 0.792 bits per heavy atom. The molecule has 0 saturated carbocycles. The highest BCUT2D eigenvalue weighted by molar-refractivity contribution is 7.99. The summed E-state index contributed by atoms with van der Waals surface area (Å²) in [4.78, 5) is 2.62. The molecule has 2 saturated heterocycles. The lowest BCUT2D eigenvalue weighted by atomic mass is 10.0. The van der Waals surface area contributed by atoms with Gasteiger partial charge in [0, 0.05) is 35.7 Å². The topological polar surface area (TPSA) is 24.9 Å². The predicted molar refractivity (Wildman–Crippen MR) is 94.6 cm³/mol. The normalized spacial score (nSPS) is 22.4. The number of piperidine rings is 1. The van der Waals surface area contributed by atoms with Gasteiger partial charge in [0.15, 0.2) is 5.79 Å². The van der Waals surface area contributed by atoms with Gasteiger partial charge in [-0.3, -0.25) is 5.01 Å². The minimum Gasteiger partial charge on any atom is -0.347 e. The number of hydrogen-bond acceptors (Lipinski definition) is 5. The third-order valence-electron chi connectivity index (χ3n) is 5.00. The summed E-state index contributed by atoms with van der Waals surface area (Å²) in [6, 6.07) is 17.3. The van der Waals surface area contributed by atoms with E-state index < -0.39 is 0 Å². The molecule has 2 aromatic rings. The highest BCUT2D eigenvalue weighted by Crippen LogP contribution is 2.49. The summed E-state index contributed by atoms with van der Waals surface area (Å²) in [7, 11) is 0. The molecule has 5 rings (SSSR count). The second-order valence-corrected chi connectivity index (χ2v) is 7.49. The Morgan fingerprint density at radius 3 is 1.92 bits per heavy atom. The highest BCUT2D eigenvalue weighted by Gasteiger charge is 2.42. The Labute approximate surface area is 146 Å². The Hall–Kier alpha value is -1.53. The van der Waals surface area contributed by atoms with Gasteiger partial charge in [0.2, 0.25) is 0 Å². The standard InChI is InChI=1S/C19H20N2O2S/c1-3-7-17-15(5-1)21(16-6-2-4-8-18(16)24-17)20-11-9-19(10-12-20)22-13-14-23-19/h1-8H,9-14H2. The number of para-hydroxylation sites is 2. The van der Waals surface area contributed by atoms with Gasteiger partial charge in [0.1, 0.15) is 0 Å². The zero-order chi connectivity index (χ0) is 16.0. The fourth-order valence-corrected chi connectivity index (χ4v) is 4.86. The van der Waals surface area contributed by atoms with Crippen molar-refractivity contribution in [2.24, 2.45) is 0 Å². The maximum atomic E-state index is 5.88. The van der Waals surface area contributed by atoms with Crippen LogP contribution in [0.2, 0.25) is 0 Å². The second-order valence-electron chi connectivity index (χ2n) is 6.41. The molecule has 0 radical (unpaired) electrons. The molecule has 4 nitrogen and oxygen atoms in total. The SMILES string of the molecule is c1ccc2c(c1)Sc1ccccc1N2N1CCC2(CC1)OCCO2. The van der Waals surface area contributed by atoms with E-state index in [-0.39, 0.29) is 5.79 Å². The molecule has 3 aliphatic rings. The summed E-state index contributed by atoms with van der Waals surface area (Å²) in [5, 5.41) is 4.83. The highest BCUT2D eigenvalue weighted by atomic mass is 32.2. The Morgan fingerprint density at radius 2 is 1.33 bits per heavy atom. The zero-order valence-electron chi connectivity index (χ0n) is 13.5. The summed E-state index contributed by atoms with van der Waals surface area (Å²) in [5.41, 5.74) is 2.54. The molecule has 124 valence electrons. The largest absolute Gasteiger partial charge is 0.347 e. The number of ether oxygens (including phenoxy) is 2. The average molecular weight is 340 g/mol. The first-order valence-corrected chi connectivity index (χ1v) is 9.35. The molecule has 24 heavy (non-hydrogen) atoms. The summed E-state index contributed by atoms with van der Waals surface area (Å²) >= 11 is 1.85. The van der Waals surface area contributed by atoms with Crippen molar-refractivity contribution in [3.63, 3.8) is 0 Å². The van der Waals surface area contributed by atoms with Gasteiger partial charge >= 0.3 is 0 Å². The molecular formula is C19H20N2O2S. The summed E-state index contributed by atoms with van der Waals surface area (Å²) in [6.45, 7) is 3.33. The van der Waals surface area contributed by atoms with E-state index in [1.807, 2.05) is 11.8 Å². The summed E-state index contributed by atoms with van der Waals surface area (Å²) < 4.78 is 11.8. The molecule has 2 fully saturated rings. The van der Waals surface area contributed by atoms with Crippen LogP contribution >= 0.6 is 11.8 Å². The lowest BCUT2D eigenvalue weighted by Gasteiger charge is -2.45. The molecule has 5 heteroatoms. The van der Waals surface area contributed by atoms with Gasteiger partial charge in [-0.2, -0.15) is 0 Å². The molecule has 0 amide bonds. The molecule has 2 aromatic carbocycles. The molecule has 0 aromatic heterocycles. The number of anilines is 2. The van der Waals surface area contributed by atoms with E-state index in [1.54, 1.807) is 0 Å². The summed E-state index contributed by atoms with van der Waals surface area (Å²) in [6.07, 6.45) is 1.84. The minimum absolute atomic E-state index is 0.333. The minimum atomic E-state index is -0.333. The van der Waals surface area contributed by atoms with Crippen molar-refractivity contribution in [1.29, 1.82) is 0 Å². The average Bonchev–Trinajstić information content (AvgIpc) is 3.09. The lowest BCUT2D eigenvalue weighted by Crippen LogP contribution is -2.51. The number of hydrazine groups is 1. The van der Waals surface area contributed by atoms with Crippen LogP contribution in [0.5, 0.6) is 0 Å². The van der Waals surface area contributed by atoms with Crippen LogP contribution in [0, 0.1) is 0 Å². The molecule has 0 bridgehead atoms. The van der Waals surface area contributed by atoms with Crippen LogP contribution < -0.4 is 5.01 Å². The quantitative estimate of drug-likeness (QED) is 0.780. The Balaban J connectivity index is 1.49. The van der Waals surface area contributed by atoms with Gasteiger partial charge in [0.05, 0.1) is 24.6 Å². The van der Waals surface area contributed by atoms with Crippen molar-refractivity contribution in [3.8, 4) is 0 Å². The number of hydrogen-bond donors (Lipinski definition) is 0. The van der Waals surface area contributed by atoms with Gasteiger partial charge in [-0.25, -0.2) is 5.01 Å². The van der Waals surface area contributed by atoms with Crippen LogP contribution in [-0.4, -0.2) is 37.1 Å². The molecule has 3 heterocycles. The summed E-state index contributed by atoms with van der Waals surface area (Å²) in [5.74, 6) is -0.333. The number of benzene rings is 2. The van der Waals surface area contributed by atoms with E-state index in [2.05, 4.69) is 58.5 Å². The van der Waals surface area contributed by atoms with Gasteiger partial charge in [0.25, 0.3) is 0 Å². The Kier molecular flexibility index (Phi) is 3.56. The fourth-order valence-electron chi connectivity index (χ4n) is 3.81. The van der Waals surface area contributed by atoms with Crippen LogP contribution in [0.1, 0.15) is 12.8 Å². The third kappa shape index (κ3) is 2.35. The molecule has 0 aliphatic carbocycles. The Bertz CT molecular complexity index is 705. The molecular weight excluding hydrogens is 320 g/mol. The smallest absolute Gasteiger partial charge is 0.171 e. The van der Waals surface area contributed by atoms with E-state index in [9.17, 15) is 0 Å². The van der Waals surface area contributed by atoms with Gasteiger partial charge in [-0.15, -0.1) is 0 Å². The van der Waals surface area contributed by atoms with Crippen molar-refractivity contribution in [2.75, 3.05) is 31.3 Å². The van der Waals surface area contributed by atoms with Crippen LogP contribution in [0.3, 0.4) is 0 Å². The fraction of sp³-hybridized carbons (Fsp3) is 0.368. The van der Waals surface area contributed by atoms with Crippen molar-refractivity contribution in [1.82, 2.24) is 5.01 Å².